The van der Waals surface area contributed by atoms with Crippen LogP contribution in [0.3, 0.4) is 0 Å². The van der Waals surface area contributed by atoms with Crippen LogP contribution in [0.2, 0.25) is 0 Å². The largest absolute Gasteiger partial charge is 0.383 e. The summed E-state index contributed by atoms with van der Waals surface area (Å²) in [5, 5.41) is 3.23. The number of carbonyl (C=O) groups is 1. The van der Waals surface area contributed by atoms with Crippen LogP contribution < -0.4 is 5.32 Å². The number of ether oxygens (including phenoxy) is 1. The molecule has 1 aliphatic heterocycles. The Hall–Kier alpha value is -0.610. The van der Waals surface area contributed by atoms with Crippen LogP contribution in [0.5, 0.6) is 0 Å². The first-order valence-electron chi connectivity index (χ1n) is 5.69. The summed E-state index contributed by atoms with van der Waals surface area (Å²) in [5.74, 6) is 0.193. The zero-order valence-corrected chi connectivity index (χ0v) is 10.1. The van der Waals surface area contributed by atoms with Gasteiger partial charge in [0.1, 0.15) is 0 Å². The summed E-state index contributed by atoms with van der Waals surface area (Å²) in [6.07, 6.45) is 2.19. The van der Waals surface area contributed by atoms with E-state index >= 15 is 0 Å². The Morgan fingerprint density at radius 2 is 2.20 bits per heavy atom. The predicted octanol–water partition coefficient (Wildman–Crippen LogP) is 0.968. The van der Waals surface area contributed by atoms with Crippen molar-refractivity contribution in [3.05, 3.63) is 0 Å². The Bertz CT molecular complexity index is 215. The normalized spacial score (nSPS) is 28.5. The molecular formula is C11H22N2O2. The smallest absolute Gasteiger partial charge is 0.241 e. The van der Waals surface area contributed by atoms with E-state index in [4.69, 9.17) is 4.74 Å². The third kappa shape index (κ3) is 2.69. The fourth-order valence-corrected chi connectivity index (χ4v) is 2.25. The van der Waals surface area contributed by atoms with Crippen LogP contribution in [-0.4, -0.2) is 42.8 Å². The molecule has 1 fully saturated rings. The fourth-order valence-electron chi connectivity index (χ4n) is 2.25. The van der Waals surface area contributed by atoms with Gasteiger partial charge in [0.2, 0.25) is 5.91 Å². The molecule has 1 N–H and O–H groups in total. The van der Waals surface area contributed by atoms with Crippen molar-refractivity contribution in [2.24, 2.45) is 0 Å². The standard InChI is InChI=1S/C11H22N2O2/c1-5-6-10(7-15-4)13-9(3)12-8(2)11(13)14/h8-10,12H,5-7H2,1-4H3. The van der Waals surface area contributed by atoms with E-state index in [0.717, 1.165) is 12.8 Å². The van der Waals surface area contributed by atoms with Gasteiger partial charge in [-0.3, -0.25) is 10.1 Å². The summed E-state index contributed by atoms with van der Waals surface area (Å²) in [5.41, 5.74) is 0. The Kier molecular flexibility index (Phi) is 4.54. The molecule has 3 unspecified atom stereocenters. The lowest BCUT2D eigenvalue weighted by Crippen LogP contribution is -2.45. The lowest BCUT2D eigenvalue weighted by atomic mass is 10.1. The maximum absolute atomic E-state index is 11.9. The van der Waals surface area contributed by atoms with E-state index in [1.54, 1.807) is 7.11 Å². The van der Waals surface area contributed by atoms with Crippen LogP contribution in [0.1, 0.15) is 33.6 Å². The van der Waals surface area contributed by atoms with Gasteiger partial charge in [-0.25, -0.2) is 0 Å². The number of hydrogen-bond donors (Lipinski definition) is 1. The molecule has 0 aromatic carbocycles. The summed E-state index contributed by atoms with van der Waals surface area (Å²) in [6.45, 7) is 6.69. The number of amides is 1. The van der Waals surface area contributed by atoms with Gasteiger partial charge in [0.15, 0.2) is 0 Å². The van der Waals surface area contributed by atoms with Crippen molar-refractivity contribution in [1.82, 2.24) is 10.2 Å². The maximum Gasteiger partial charge on any atom is 0.241 e. The van der Waals surface area contributed by atoms with Crippen LogP contribution in [-0.2, 0) is 9.53 Å². The van der Waals surface area contributed by atoms with Gasteiger partial charge in [-0.2, -0.15) is 0 Å². The molecular weight excluding hydrogens is 192 g/mol. The zero-order chi connectivity index (χ0) is 11.4. The molecule has 1 rings (SSSR count). The highest BCUT2D eigenvalue weighted by molar-refractivity contribution is 5.84. The van der Waals surface area contributed by atoms with E-state index in [0.29, 0.717) is 6.61 Å². The number of nitrogens with one attached hydrogen (secondary N) is 1. The van der Waals surface area contributed by atoms with Gasteiger partial charge in [0, 0.05) is 7.11 Å². The Morgan fingerprint density at radius 3 is 2.60 bits per heavy atom. The first-order chi connectivity index (χ1) is 7.11. The van der Waals surface area contributed by atoms with Gasteiger partial charge in [-0.15, -0.1) is 0 Å². The van der Waals surface area contributed by atoms with Crippen molar-refractivity contribution < 1.29 is 9.53 Å². The zero-order valence-electron chi connectivity index (χ0n) is 10.1. The van der Waals surface area contributed by atoms with E-state index in [1.165, 1.54) is 0 Å². The molecule has 88 valence electrons. The van der Waals surface area contributed by atoms with E-state index in [1.807, 2.05) is 18.7 Å². The molecule has 0 aromatic rings. The fraction of sp³-hybridized carbons (Fsp3) is 0.909. The highest BCUT2D eigenvalue weighted by Gasteiger charge is 2.37. The van der Waals surface area contributed by atoms with Crippen molar-refractivity contribution in [1.29, 1.82) is 0 Å². The highest BCUT2D eigenvalue weighted by atomic mass is 16.5. The van der Waals surface area contributed by atoms with Crippen LogP contribution in [0.25, 0.3) is 0 Å². The molecule has 0 saturated carbocycles. The predicted molar refractivity (Wildman–Crippen MR) is 59.5 cm³/mol. The highest BCUT2D eigenvalue weighted by Crippen LogP contribution is 2.17. The summed E-state index contributed by atoms with van der Waals surface area (Å²) in [6, 6.07) is 0.149. The lowest BCUT2D eigenvalue weighted by Gasteiger charge is -2.30. The maximum atomic E-state index is 11.9. The summed E-state index contributed by atoms with van der Waals surface area (Å²) in [4.78, 5) is 13.8. The first-order valence-corrected chi connectivity index (χ1v) is 5.69. The quantitative estimate of drug-likeness (QED) is 0.741. The van der Waals surface area contributed by atoms with E-state index < -0.39 is 0 Å². The Morgan fingerprint density at radius 1 is 1.53 bits per heavy atom. The third-order valence-corrected chi connectivity index (χ3v) is 2.91. The molecule has 0 spiro atoms. The minimum absolute atomic E-state index is 0.0591. The first kappa shape index (κ1) is 12.5. The average Bonchev–Trinajstić information content (AvgIpc) is 2.41. The van der Waals surface area contributed by atoms with Gasteiger partial charge in [-0.05, 0) is 20.3 Å². The number of carbonyl (C=O) groups excluding carboxylic acids is 1. The summed E-state index contributed by atoms with van der Waals surface area (Å²) in [7, 11) is 1.69. The second-order valence-corrected chi connectivity index (χ2v) is 4.21. The van der Waals surface area contributed by atoms with Crippen LogP contribution in [0.15, 0.2) is 0 Å². The topological polar surface area (TPSA) is 41.6 Å². The number of rotatable bonds is 5. The van der Waals surface area contributed by atoms with Gasteiger partial charge in [0.05, 0.1) is 24.9 Å². The summed E-state index contributed by atoms with van der Waals surface area (Å²) >= 11 is 0. The van der Waals surface area contributed by atoms with Crippen molar-refractivity contribution in [2.75, 3.05) is 13.7 Å². The molecule has 4 heteroatoms. The number of hydrogen-bond acceptors (Lipinski definition) is 3. The molecule has 15 heavy (non-hydrogen) atoms. The second kappa shape index (κ2) is 5.47. The minimum Gasteiger partial charge on any atom is -0.383 e. The van der Waals surface area contributed by atoms with E-state index in [2.05, 4.69) is 12.2 Å². The van der Waals surface area contributed by atoms with Gasteiger partial charge < -0.3 is 9.64 Å². The van der Waals surface area contributed by atoms with Crippen molar-refractivity contribution in [2.45, 2.75) is 51.9 Å². The van der Waals surface area contributed by atoms with Crippen molar-refractivity contribution in [3.8, 4) is 0 Å². The minimum atomic E-state index is -0.0591. The molecule has 0 aliphatic carbocycles. The van der Waals surface area contributed by atoms with Crippen LogP contribution in [0.4, 0.5) is 0 Å². The van der Waals surface area contributed by atoms with Gasteiger partial charge in [-0.1, -0.05) is 13.3 Å². The molecule has 4 nitrogen and oxygen atoms in total. The van der Waals surface area contributed by atoms with Crippen LogP contribution in [0, 0.1) is 0 Å². The molecule has 0 bridgehead atoms. The summed E-state index contributed by atoms with van der Waals surface area (Å²) < 4.78 is 5.18. The average molecular weight is 214 g/mol. The van der Waals surface area contributed by atoms with E-state index in [9.17, 15) is 4.79 Å². The molecule has 1 heterocycles. The number of methoxy groups -OCH3 is 1. The van der Waals surface area contributed by atoms with Gasteiger partial charge >= 0.3 is 0 Å². The lowest BCUT2D eigenvalue weighted by molar-refractivity contribution is -0.133. The molecule has 0 radical (unpaired) electrons. The molecule has 0 aromatic heterocycles. The SMILES string of the molecule is CCCC(COC)N1C(=O)C(C)NC1C. The third-order valence-electron chi connectivity index (χ3n) is 2.91. The van der Waals surface area contributed by atoms with Crippen molar-refractivity contribution in [3.63, 3.8) is 0 Å². The van der Waals surface area contributed by atoms with Gasteiger partial charge in [0.25, 0.3) is 0 Å². The molecule has 1 aliphatic rings. The Balaban J connectivity index is 2.68. The molecule has 1 saturated heterocycles. The number of nitrogens with zero attached hydrogens (tertiary/aromatic N) is 1. The monoisotopic (exact) mass is 214 g/mol. The van der Waals surface area contributed by atoms with Crippen molar-refractivity contribution >= 4 is 5.91 Å². The van der Waals surface area contributed by atoms with E-state index in [-0.39, 0.29) is 24.2 Å². The Labute approximate surface area is 92.0 Å². The molecule has 1 amide bonds. The van der Waals surface area contributed by atoms with Crippen LogP contribution >= 0.6 is 0 Å². The molecule has 3 atom stereocenters. The second-order valence-electron chi connectivity index (χ2n) is 4.21.